The van der Waals surface area contributed by atoms with Crippen LogP contribution in [0.5, 0.6) is 0 Å². The molecule has 6 aromatic rings. The van der Waals surface area contributed by atoms with Gasteiger partial charge in [-0.15, -0.1) is 0 Å². The summed E-state index contributed by atoms with van der Waals surface area (Å²) in [6, 6.07) is 14.2. The molecule has 0 fully saturated rings. The maximum Gasteiger partial charge on any atom is 0.276 e. The Kier molecular flexibility index (Phi) is 9.44. The van der Waals surface area contributed by atoms with Crippen molar-refractivity contribution in [3.05, 3.63) is 82.4 Å². The van der Waals surface area contributed by atoms with Gasteiger partial charge in [-0.05, 0) is 103 Å². The number of fused-ring (bicyclic) bond motifs is 2. The summed E-state index contributed by atoms with van der Waals surface area (Å²) < 4.78 is 7.18. The SMILES string of the molecule is CCn1nc(C)cc1C(=O)Nc1nc2cc(C(C)=O)ccc2n1CCCCn1c(NC(=O)c2cc(C)nn2CC)nc2cc(C(C)=O)ccc21. The molecule has 0 bridgehead atoms. The van der Waals surface area contributed by atoms with Crippen LogP contribution in [0.4, 0.5) is 11.9 Å². The smallest absolute Gasteiger partial charge is 0.276 e. The van der Waals surface area contributed by atoms with Crippen molar-refractivity contribution in [3.8, 4) is 0 Å². The van der Waals surface area contributed by atoms with Crippen LogP contribution in [0.3, 0.4) is 0 Å². The molecule has 2 N–H and O–H groups in total. The first-order valence-corrected chi connectivity index (χ1v) is 16.7. The Hall–Kier alpha value is -5.92. The third-order valence-electron chi connectivity index (χ3n) is 8.64. The fourth-order valence-electron chi connectivity index (χ4n) is 6.15. The van der Waals surface area contributed by atoms with E-state index in [1.807, 2.05) is 49.0 Å². The molecule has 14 heteroatoms. The molecular formula is C36H40N10O4. The zero-order valence-corrected chi connectivity index (χ0v) is 29.1. The van der Waals surface area contributed by atoms with E-state index in [1.54, 1.807) is 45.8 Å². The lowest BCUT2D eigenvalue weighted by Crippen LogP contribution is -2.20. The van der Waals surface area contributed by atoms with Crippen molar-refractivity contribution in [1.82, 2.24) is 38.7 Å². The second kappa shape index (κ2) is 13.9. The average molecular weight is 677 g/mol. The van der Waals surface area contributed by atoms with Gasteiger partial charge in [0.15, 0.2) is 11.6 Å². The van der Waals surface area contributed by atoms with Crippen LogP contribution in [0.2, 0.25) is 0 Å². The van der Waals surface area contributed by atoms with E-state index in [-0.39, 0.29) is 23.4 Å². The Labute approximate surface area is 288 Å². The number of benzene rings is 2. The summed E-state index contributed by atoms with van der Waals surface area (Å²) in [4.78, 5) is 60.5. The molecular weight excluding hydrogens is 636 g/mol. The van der Waals surface area contributed by atoms with E-state index in [0.29, 0.717) is 84.5 Å². The van der Waals surface area contributed by atoms with Crippen LogP contribution in [0.25, 0.3) is 22.1 Å². The third-order valence-corrected chi connectivity index (χ3v) is 8.64. The van der Waals surface area contributed by atoms with Crippen molar-refractivity contribution >= 4 is 57.3 Å². The average Bonchev–Trinajstić information content (AvgIpc) is 3.84. The zero-order chi connectivity index (χ0) is 35.7. The monoisotopic (exact) mass is 676 g/mol. The van der Waals surface area contributed by atoms with Crippen LogP contribution in [-0.2, 0) is 26.2 Å². The van der Waals surface area contributed by atoms with Gasteiger partial charge >= 0.3 is 0 Å². The number of nitrogens with zero attached hydrogens (tertiary/aromatic N) is 8. The lowest BCUT2D eigenvalue weighted by Gasteiger charge is -2.13. The van der Waals surface area contributed by atoms with Gasteiger partial charge in [0.2, 0.25) is 11.9 Å². The number of hydrogen-bond acceptors (Lipinski definition) is 8. The fraction of sp³-hybridized carbons (Fsp3) is 0.333. The fourth-order valence-corrected chi connectivity index (χ4v) is 6.15. The number of carbonyl (C=O) groups excluding carboxylic acids is 4. The van der Waals surface area contributed by atoms with Gasteiger partial charge in [0, 0.05) is 37.3 Å². The minimum atomic E-state index is -0.328. The minimum absolute atomic E-state index is 0.0745. The van der Waals surface area contributed by atoms with Crippen molar-refractivity contribution in [2.45, 2.75) is 80.6 Å². The number of anilines is 2. The predicted octanol–water partition coefficient (Wildman–Crippen LogP) is 5.83. The number of imidazole rings is 2. The molecule has 6 rings (SSSR count). The van der Waals surface area contributed by atoms with Crippen molar-refractivity contribution in [3.63, 3.8) is 0 Å². The van der Waals surface area contributed by atoms with Gasteiger partial charge in [0.1, 0.15) is 11.4 Å². The molecule has 50 heavy (non-hydrogen) atoms. The van der Waals surface area contributed by atoms with Crippen molar-refractivity contribution < 1.29 is 19.2 Å². The van der Waals surface area contributed by atoms with Crippen LogP contribution >= 0.6 is 0 Å². The van der Waals surface area contributed by atoms with Gasteiger partial charge in [0.05, 0.1) is 33.5 Å². The highest BCUT2D eigenvalue weighted by Gasteiger charge is 2.21. The van der Waals surface area contributed by atoms with Crippen LogP contribution in [0.15, 0.2) is 48.5 Å². The summed E-state index contributed by atoms with van der Waals surface area (Å²) in [5.41, 5.74) is 6.17. The van der Waals surface area contributed by atoms with Crippen molar-refractivity contribution in [2.75, 3.05) is 10.6 Å². The molecule has 0 atom stereocenters. The van der Waals surface area contributed by atoms with E-state index in [1.165, 1.54) is 13.8 Å². The standard InChI is InChI=1S/C36H40N10O4/c1-7-45-31(17-21(3)41-45)33(49)39-35-37-27-19-25(23(5)47)11-13-29(27)43(35)15-9-10-16-44-30-14-12-26(24(6)48)20-28(30)38-36(44)40-34(50)32-18-22(4)42-46(32)8-2/h11-14,17-20H,7-10,15-16H2,1-6H3,(H,37,39,49)(H,38,40,50). The van der Waals surface area contributed by atoms with Gasteiger partial charge in [-0.3, -0.25) is 39.2 Å². The molecule has 4 heterocycles. The van der Waals surface area contributed by atoms with E-state index in [2.05, 4.69) is 20.8 Å². The van der Waals surface area contributed by atoms with E-state index < -0.39 is 0 Å². The van der Waals surface area contributed by atoms with Gasteiger partial charge in [0.25, 0.3) is 11.8 Å². The Morgan fingerprint density at radius 2 is 1.02 bits per heavy atom. The van der Waals surface area contributed by atoms with E-state index in [0.717, 1.165) is 22.4 Å². The van der Waals surface area contributed by atoms with Gasteiger partial charge < -0.3 is 9.13 Å². The Morgan fingerprint density at radius 3 is 1.38 bits per heavy atom. The Balaban J connectivity index is 1.27. The van der Waals surface area contributed by atoms with Crippen LogP contribution in [0.1, 0.15) is 93.6 Å². The maximum atomic E-state index is 13.4. The number of Topliss-reactive ketones (excluding diaryl/α,β-unsaturated/α-hetero) is 2. The second-order valence-electron chi connectivity index (χ2n) is 12.3. The number of rotatable bonds is 13. The number of amides is 2. The summed E-state index contributed by atoms with van der Waals surface area (Å²) in [6.45, 7) is 12.6. The molecule has 14 nitrogen and oxygen atoms in total. The first kappa shape index (κ1) is 34.0. The highest BCUT2D eigenvalue weighted by molar-refractivity contribution is 6.04. The summed E-state index contributed by atoms with van der Waals surface area (Å²) in [7, 11) is 0. The zero-order valence-electron chi connectivity index (χ0n) is 29.1. The lowest BCUT2D eigenvalue weighted by atomic mass is 10.1. The predicted molar refractivity (Wildman–Crippen MR) is 190 cm³/mol. The third kappa shape index (κ3) is 6.68. The molecule has 0 aliphatic carbocycles. The normalized spacial score (nSPS) is 11.4. The number of unbranched alkanes of at least 4 members (excludes halogenated alkanes) is 1. The molecule has 258 valence electrons. The number of ketones is 2. The van der Waals surface area contributed by atoms with Crippen molar-refractivity contribution in [2.24, 2.45) is 0 Å². The number of aromatic nitrogens is 8. The van der Waals surface area contributed by atoms with Crippen molar-refractivity contribution in [1.29, 1.82) is 0 Å². The molecule has 0 saturated carbocycles. The summed E-state index contributed by atoms with van der Waals surface area (Å²) in [6.07, 6.45) is 1.35. The second-order valence-corrected chi connectivity index (χ2v) is 12.3. The maximum absolute atomic E-state index is 13.4. The van der Waals surface area contributed by atoms with E-state index in [4.69, 9.17) is 9.97 Å². The molecule has 0 spiro atoms. The summed E-state index contributed by atoms with van der Waals surface area (Å²) in [5, 5.41) is 14.7. The lowest BCUT2D eigenvalue weighted by molar-refractivity contribution is 0.100. The van der Waals surface area contributed by atoms with Crippen LogP contribution < -0.4 is 10.6 Å². The largest absolute Gasteiger partial charge is 0.310 e. The first-order chi connectivity index (χ1) is 24.0. The number of nitrogens with one attached hydrogen (secondary N) is 2. The van der Waals surface area contributed by atoms with Crippen LogP contribution in [0, 0.1) is 13.8 Å². The first-order valence-electron chi connectivity index (χ1n) is 16.7. The molecule has 0 radical (unpaired) electrons. The molecule has 0 aliphatic heterocycles. The molecule has 0 unspecified atom stereocenters. The highest BCUT2D eigenvalue weighted by Crippen LogP contribution is 2.26. The Bertz CT molecular complexity index is 2130. The molecule has 0 saturated heterocycles. The summed E-state index contributed by atoms with van der Waals surface area (Å²) >= 11 is 0. The highest BCUT2D eigenvalue weighted by atomic mass is 16.2. The summed E-state index contributed by atoms with van der Waals surface area (Å²) in [5.74, 6) is -0.0686. The molecule has 2 amide bonds. The minimum Gasteiger partial charge on any atom is -0.310 e. The molecule has 4 aromatic heterocycles. The van der Waals surface area contributed by atoms with E-state index >= 15 is 0 Å². The van der Waals surface area contributed by atoms with Gasteiger partial charge in [-0.2, -0.15) is 10.2 Å². The quantitative estimate of drug-likeness (QED) is 0.114. The topological polar surface area (TPSA) is 164 Å². The number of carbonyl (C=O) groups is 4. The van der Waals surface area contributed by atoms with Crippen LogP contribution in [-0.4, -0.2) is 62.0 Å². The molecule has 0 aliphatic rings. The van der Waals surface area contributed by atoms with E-state index in [9.17, 15) is 19.2 Å². The number of hydrogen-bond donors (Lipinski definition) is 2. The Morgan fingerprint density at radius 1 is 0.620 bits per heavy atom. The van der Waals surface area contributed by atoms with Gasteiger partial charge in [-0.25, -0.2) is 9.97 Å². The molecule has 2 aromatic carbocycles. The van der Waals surface area contributed by atoms with Gasteiger partial charge in [-0.1, -0.05) is 0 Å². The number of aryl methyl sites for hydroxylation is 6.